The molecule has 0 saturated heterocycles. The Labute approximate surface area is 237 Å². The third-order valence-corrected chi connectivity index (χ3v) is 9.03. The maximum Gasteiger partial charge on any atom is 0.0476 e. The molecule has 0 atom stereocenters. The Hall–Kier alpha value is -4.92. The van der Waals surface area contributed by atoms with Crippen molar-refractivity contribution in [2.24, 2.45) is 0 Å². The Kier molecular flexibility index (Phi) is 5.39. The number of benzene rings is 7. The fraction of sp³-hybridized carbons (Fsp3) is 0. The van der Waals surface area contributed by atoms with Crippen molar-refractivity contribution in [3.63, 3.8) is 0 Å². The van der Waals surface area contributed by atoms with Gasteiger partial charge in [0.25, 0.3) is 0 Å². The Morgan fingerprint density at radius 1 is 0.375 bits per heavy atom. The van der Waals surface area contributed by atoms with Crippen LogP contribution in [0, 0.1) is 0 Å². The predicted molar refractivity (Wildman–Crippen MR) is 174 cm³/mol. The van der Waals surface area contributed by atoms with E-state index >= 15 is 0 Å². The lowest BCUT2D eigenvalue weighted by atomic mass is 10.0. The van der Waals surface area contributed by atoms with Gasteiger partial charge in [-0.2, -0.15) is 0 Å². The second-order valence-corrected chi connectivity index (χ2v) is 11.3. The van der Waals surface area contributed by atoms with Gasteiger partial charge < -0.3 is 4.90 Å². The molecule has 1 heterocycles. The van der Waals surface area contributed by atoms with Crippen LogP contribution in [0.15, 0.2) is 152 Å². The summed E-state index contributed by atoms with van der Waals surface area (Å²) in [6.45, 7) is 0. The van der Waals surface area contributed by atoms with Crippen molar-refractivity contribution in [1.29, 1.82) is 0 Å². The van der Waals surface area contributed by atoms with E-state index in [2.05, 4.69) is 157 Å². The third kappa shape index (κ3) is 3.85. The van der Waals surface area contributed by atoms with Gasteiger partial charge in [-0.15, -0.1) is 11.3 Å². The van der Waals surface area contributed by atoms with Crippen molar-refractivity contribution in [1.82, 2.24) is 0 Å². The number of hydrogen-bond donors (Lipinski definition) is 0. The van der Waals surface area contributed by atoms with Crippen molar-refractivity contribution in [2.45, 2.75) is 0 Å². The Morgan fingerprint density at radius 2 is 0.975 bits per heavy atom. The largest absolute Gasteiger partial charge is 0.310 e. The Balaban J connectivity index is 1.31. The summed E-state index contributed by atoms with van der Waals surface area (Å²) < 4.78 is 2.66. The molecule has 188 valence electrons. The van der Waals surface area contributed by atoms with Crippen LogP contribution in [0.2, 0.25) is 0 Å². The molecule has 2 heteroatoms. The molecule has 1 nitrogen and oxygen atoms in total. The van der Waals surface area contributed by atoms with Crippen molar-refractivity contribution >= 4 is 70.1 Å². The van der Waals surface area contributed by atoms with Crippen molar-refractivity contribution in [2.75, 3.05) is 4.90 Å². The van der Waals surface area contributed by atoms with Gasteiger partial charge in [-0.25, -0.2) is 0 Å². The molecule has 0 saturated carbocycles. The summed E-state index contributed by atoms with van der Waals surface area (Å²) in [7, 11) is 0. The maximum atomic E-state index is 2.38. The van der Waals surface area contributed by atoms with Crippen molar-refractivity contribution < 1.29 is 0 Å². The zero-order chi connectivity index (χ0) is 26.5. The minimum atomic E-state index is 1.14. The molecule has 0 fully saturated rings. The average Bonchev–Trinajstić information content (AvgIpc) is 3.40. The average molecular weight is 528 g/mol. The third-order valence-electron chi connectivity index (χ3n) is 7.83. The summed E-state index contributed by atoms with van der Waals surface area (Å²) >= 11 is 1.89. The number of fused-ring (bicyclic) bond motifs is 6. The smallest absolute Gasteiger partial charge is 0.0476 e. The second kappa shape index (κ2) is 9.37. The van der Waals surface area contributed by atoms with Gasteiger partial charge in [0.05, 0.1) is 0 Å². The van der Waals surface area contributed by atoms with Crippen LogP contribution in [0.5, 0.6) is 0 Å². The molecular formula is C38H25NS. The van der Waals surface area contributed by atoms with E-state index in [0.29, 0.717) is 0 Å². The molecule has 0 amide bonds. The lowest BCUT2D eigenvalue weighted by molar-refractivity contribution is 1.30. The molecule has 7 aromatic carbocycles. The first kappa shape index (κ1) is 23.0. The van der Waals surface area contributed by atoms with Crippen LogP contribution >= 0.6 is 11.3 Å². The van der Waals surface area contributed by atoms with Crippen molar-refractivity contribution in [3.8, 4) is 11.1 Å². The van der Waals surface area contributed by atoms with Gasteiger partial charge in [0.1, 0.15) is 0 Å². The minimum Gasteiger partial charge on any atom is -0.310 e. The molecule has 0 unspecified atom stereocenters. The SMILES string of the molecule is c1ccc(-c2ccc(N(c3ccc4ccccc4c3)c3ccc4c(c3)sc3c5ccccc5ccc43)cc2)cc1. The molecule has 1 aromatic heterocycles. The normalized spacial score (nSPS) is 11.5. The molecule has 0 aliphatic rings. The molecule has 8 rings (SSSR count). The highest BCUT2D eigenvalue weighted by atomic mass is 32.1. The van der Waals surface area contributed by atoms with E-state index in [1.165, 1.54) is 52.8 Å². The van der Waals surface area contributed by atoms with Gasteiger partial charge in [-0.3, -0.25) is 0 Å². The summed E-state index contributed by atoms with van der Waals surface area (Å²) in [6, 6.07) is 54.9. The number of thiophene rings is 1. The van der Waals surface area contributed by atoms with Crippen LogP contribution in [0.1, 0.15) is 0 Å². The van der Waals surface area contributed by atoms with Crippen LogP contribution in [-0.2, 0) is 0 Å². The fourth-order valence-corrected chi connectivity index (χ4v) is 7.10. The van der Waals surface area contributed by atoms with E-state index in [0.717, 1.165) is 17.1 Å². The van der Waals surface area contributed by atoms with E-state index in [4.69, 9.17) is 0 Å². The summed E-state index contributed by atoms with van der Waals surface area (Å²) in [5.74, 6) is 0. The molecule has 0 radical (unpaired) electrons. The molecular weight excluding hydrogens is 502 g/mol. The minimum absolute atomic E-state index is 1.14. The second-order valence-electron chi connectivity index (χ2n) is 10.2. The van der Waals surface area contributed by atoms with E-state index in [1.807, 2.05) is 11.3 Å². The lowest BCUT2D eigenvalue weighted by Gasteiger charge is -2.26. The maximum absolute atomic E-state index is 2.38. The highest BCUT2D eigenvalue weighted by molar-refractivity contribution is 7.26. The summed E-state index contributed by atoms with van der Waals surface area (Å²) in [5.41, 5.74) is 5.89. The zero-order valence-corrected chi connectivity index (χ0v) is 22.6. The molecule has 8 aromatic rings. The number of nitrogens with zero attached hydrogens (tertiary/aromatic N) is 1. The van der Waals surface area contributed by atoms with E-state index in [-0.39, 0.29) is 0 Å². The van der Waals surface area contributed by atoms with Crippen LogP contribution in [-0.4, -0.2) is 0 Å². The first-order chi connectivity index (χ1) is 19.8. The van der Waals surface area contributed by atoms with E-state index in [1.54, 1.807) is 0 Å². The number of anilines is 3. The Bertz CT molecular complexity index is 2160. The van der Waals surface area contributed by atoms with Gasteiger partial charge in [0.15, 0.2) is 0 Å². The number of rotatable bonds is 4. The number of hydrogen-bond acceptors (Lipinski definition) is 2. The van der Waals surface area contributed by atoms with Gasteiger partial charge in [0.2, 0.25) is 0 Å². The molecule has 0 aliphatic heterocycles. The fourth-order valence-electron chi connectivity index (χ4n) is 5.83. The molecule has 40 heavy (non-hydrogen) atoms. The summed E-state index contributed by atoms with van der Waals surface area (Å²) in [5, 5.41) is 7.74. The van der Waals surface area contributed by atoms with Gasteiger partial charge >= 0.3 is 0 Å². The Morgan fingerprint density at radius 3 is 1.82 bits per heavy atom. The molecule has 0 bridgehead atoms. The zero-order valence-electron chi connectivity index (χ0n) is 21.8. The quantitative estimate of drug-likeness (QED) is 0.220. The highest BCUT2D eigenvalue weighted by Crippen LogP contribution is 2.43. The van der Waals surface area contributed by atoms with Gasteiger partial charge in [-0.05, 0) is 69.1 Å². The van der Waals surface area contributed by atoms with Gasteiger partial charge in [0, 0.05) is 37.2 Å². The molecule has 0 spiro atoms. The van der Waals surface area contributed by atoms with Crippen LogP contribution in [0.4, 0.5) is 17.1 Å². The first-order valence-electron chi connectivity index (χ1n) is 13.6. The van der Waals surface area contributed by atoms with E-state index in [9.17, 15) is 0 Å². The standard InChI is InChI=1S/C38H25NS/c1-2-8-26(9-3-1)28-14-18-31(19-15-28)39(32-20-16-27-10-4-5-12-30(27)24-32)33-21-23-35-36-22-17-29-11-6-7-13-34(29)38(36)40-37(35)25-33/h1-25H. The highest BCUT2D eigenvalue weighted by Gasteiger charge is 2.16. The first-order valence-corrected chi connectivity index (χ1v) is 14.4. The summed E-state index contributed by atoms with van der Waals surface area (Å²) in [4.78, 5) is 2.38. The molecule has 0 aliphatic carbocycles. The van der Waals surface area contributed by atoms with Crippen LogP contribution in [0.3, 0.4) is 0 Å². The van der Waals surface area contributed by atoms with E-state index < -0.39 is 0 Å². The molecule has 0 N–H and O–H groups in total. The predicted octanol–water partition coefficient (Wildman–Crippen LogP) is 11.5. The topological polar surface area (TPSA) is 3.24 Å². The van der Waals surface area contributed by atoms with Gasteiger partial charge in [-0.1, -0.05) is 115 Å². The van der Waals surface area contributed by atoms with Crippen LogP contribution < -0.4 is 4.90 Å². The lowest BCUT2D eigenvalue weighted by Crippen LogP contribution is -2.09. The van der Waals surface area contributed by atoms with Crippen molar-refractivity contribution in [3.05, 3.63) is 152 Å². The van der Waals surface area contributed by atoms with Crippen LogP contribution in [0.25, 0.3) is 52.8 Å². The summed E-state index contributed by atoms with van der Waals surface area (Å²) in [6.07, 6.45) is 0. The monoisotopic (exact) mass is 527 g/mol.